The third-order valence-electron chi connectivity index (χ3n) is 3.16. The fraction of sp³-hybridized carbons (Fsp3) is 0.667. The first-order chi connectivity index (χ1) is 9.37. The fourth-order valence-electron chi connectivity index (χ4n) is 2.29. The molecule has 0 N–H and O–H groups in total. The van der Waals surface area contributed by atoms with Gasteiger partial charge in [0, 0.05) is 19.8 Å². The molecule has 2 aromatic heterocycles. The molecule has 0 atom stereocenters. The molecule has 0 spiro atoms. The molecule has 20 heavy (non-hydrogen) atoms. The highest BCUT2D eigenvalue weighted by Crippen LogP contribution is 2.21. The van der Waals surface area contributed by atoms with Gasteiger partial charge in [-0.1, -0.05) is 13.3 Å². The second-order valence-corrected chi connectivity index (χ2v) is 7.46. The Labute approximate surface area is 123 Å². The molecule has 2 rings (SSSR count). The topological polar surface area (TPSA) is 69.8 Å². The number of sulfone groups is 1. The Morgan fingerprint density at radius 2 is 2.05 bits per heavy atom. The Balaban J connectivity index is 2.51. The van der Waals surface area contributed by atoms with Crippen LogP contribution in [-0.2, 0) is 35.7 Å². The molecule has 112 valence electrons. The third kappa shape index (κ3) is 2.98. The first-order valence-electron chi connectivity index (χ1n) is 6.52. The van der Waals surface area contributed by atoms with Crippen LogP contribution in [-0.4, -0.2) is 39.8 Å². The quantitative estimate of drug-likeness (QED) is 0.757. The van der Waals surface area contributed by atoms with Gasteiger partial charge in [-0.05, 0) is 6.42 Å². The maximum Gasteiger partial charge on any atom is 0.158 e. The number of aromatic nitrogens is 4. The van der Waals surface area contributed by atoms with Crippen molar-refractivity contribution < 1.29 is 8.42 Å². The lowest BCUT2D eigenvalue weighted by Crippen LogP contribution is -2.14. The van der Waals surface area contributed by atoms with E-state index >= 15 is 0 Å². The average Bonchev–Trinajstić information content (AvgIpc) is 2.85. The predicted octanol–water partition coefficient (Wildman–Crippen LogP) is 1.51. The molecule has 0 amide bonds. The summed E-state index contributed by atoms with van der Waals surface area (Å²) in [6, 6.07) is 0. The minimum Gasteiger partial charge on any atom is -0.311 e. The summed E-state index contributed by atoms with van der Waals surface area (Å²) in [5.41, 5.74) is 2.61. The smallest absolute Gasteiger partial charge is 0.158 e. The van der Waals surface area contributed by atoms with Gasteiger partial charge in [0.15, 0.2) is 5.65 Å². The van der Waals surface area contributed by atoms with E-state index < -0.39 is 9.84 Å². The van der Waals surface area contributed by atoms with Gasteiger partial charge in [-0.15, -0.1) is 11.6 Å². The van der Waals surface area contributed by atoms with Gasteiger partial charge in [-0.25, -0.2) is 13.4 Å². The lowest BCUT2D eigenvalue weighted by molar-refractivity contribution is 0.592. The molecule has 0 aliphatic heterocycles. The molecule has 2 heterocycles. The Kier molecular flexibility index (Phi) is 4.39. The summed E-state index contributed by atoms with van der Waals surface area (Å²) in [4.78, 5) is 4.52. The number of imidazole rings is 1. The lowest BCUT2D eigenvalue weighted by Gasteiger charge is -2.07. The van der Waals surface area contributed by atoms with Crippen LogP contribution < -0.4 is 0 Å². The van der Waals surface area contributed by atoms with Crippen molar-refractivity contribution in [2.24, 2.45) is 7.05 Å². The van der Waals surface area contributed by atoms with Gasteiger partial charge >= 0.3 is 0 Å². The van der Waals surface area contributed by atoms with Crippen LogP contribution in [0.15, 0.2) is 0 Å². The van der Waals surface area contributed by atoms with Crippen LogP contribution in [0.3, 0.4) is 0 Å². The normalized spacial score (nSPS) is 12.4. The number of fused-ring (bicyclic) bond motifs is 1. The first-order valence-corrected chi connectivity index (χ1v) is 9.11. The van der Waals surface area contributed by atoms with Crippen molar-refractivity contribution in [3.05, 3.63) is 11.5 Å². The van der Waals surface area contributed by atoms with Gasteiger partial charge in [-0.2, -0.15) is 5.10 Å². The number of alkyl halides is 1. The number of hydrogen-bond donors (Lipinski definition) is 0. The van der Waals surface area contributed by atoms with E-state index in [0.717, 1.165) is 29.7 Å². The highest BCUT2D eigenvalue weighted by Gasteiger charge is 2.19. The Hall–Kier alpha value is -1.08. The Morgan fingerprint density at radius 3 is 2.60 bits per heavy atom. The molecule has 0 aliphatic carbocycles. The molecule has 0 saturated heterocycles. The van der Waals surface area contributed by atoms with Gasteiger partial charge in [0.2, 0.25) is 0 Å². The van der Waals surface area contributed by atoms with E-state index in [0.29, 0.717) is 12.4 Å². The summed E-state index contributed by atoms with van der Waals surface area (Å²) in [5, 5.41) is 4.46. The molecule has 0 unspecified atom stereocenters. The van der Waals surface area contributed by atoms with Crippen molar-refractivity contribution in [1.82, 2.24) is 19.3 Å². The summed E-state index contributed by atoms with van der Waals surface area (Å²) < 4.78 is 26.3. The number of nitrogens with zero attached hydrogens (tertiary/aromatic N) is 4. The molecule has 0 aliphatic rings. The summed E-state index contributed by atoms with van der Waals surface area (Å²) in [5.74, 6) is 1.01. The van der Waals surface area contributed by atoms with Crippen LogP contribution in [0.5, 0.6) is 0 Å². The van der Waals surface area contributed by atoms with Crippen molar-refractivity contribution >= 4 is 32.6 Å². The van der Waals surface area contributed by atoms with Crippen LogP contribution in [0.1, 0.15) is 24.9 Å². The molecule has 8 heteroatoms. The van der Waals surface area contributed by atoms with Gasteiger partial charge < -0.3 is 4.57 Å². The molecule has 0 radical (unpaired) electrons. The van der Waals surface area contributed by atoms with Crippen LogP contribution >= 0.6 is 11.6 Å². The van der Waals surface area contributed by atoms with Crippen LogP contribution in [0.25, 0.3) is 11.2 Å². The van der Waals surface area contributed by atoms with E-state index in [2.05, 4.69) is 17.0 Å². The zero-order valence-electron chi connectivity index (χ0n) is 11.9. The van der Waals surface area contributed by atoms with E-state index in [-0.39, 0.29) is 11.6 Å². The zero-order chi connectivity index (χ0) is 14.9. The monoisotopic (exact) mass is 318 g/mol. The van der Waals surface area contributed by atoms with Gasteiger partial charge in [0.25, 0.3) is 0 Å². The van der Waals surface area contributed by atoms with E-state index in [1.165, 1.54) is 6.26 Å². The molecular weight excluding hydrogens is 300 g/mol. The second kappa shape index (κ2) is 5.73. The number of aryl methyl sites for hydroxylation is 3. The minimum atomic E-state index is -3.03. The second-order valence-electron chi connectivity index (χ2n) is 4.94. The number of rotatable bonds is 6. The molecule has 0 bridgehead atoms. The Morgan fingerprint density at radius 1 is 1.35 bits per heavy atom. The number of halogens is 1. The maximum absolute atomic E-state index is 11.4. The molecule has 2 aromatic rings. The molecule has 0 saturated carbocycles. The van der Waals surface area contributed by atoms with Crippen molar-refractivity contribution in [1.29, 1.82) is 0 Å². The van der Waals surface area contributed by atoms with E-state index in [1.807, 2.05) is 11.6 Å². The van der Waals surface area contributed by atoms with Crippen LogP contribution in [0, 0.1) is 0 Å². The van der Waals surface area contributed by atoms with E-state index in [4.69, 9.17) is 11.6 Å². The predicted molar refractivity (Wildman–Crippen MR) is 79.8 cm³/mol. The first kappa shape index (κ1) is 15.3. The van der Waals surface area contributed by atoms with Crippen molar-refractivity contribution in [3.8, 4) is 0 Å². The SMILES string of the molecule is CCCc1nn(C)c2c1nc(CCl)n2CCS(C)(=O)=O. The highest BCUT2D eigenvalue weighted by atomic mass is 35.5. The van der Waals surface area contributed by atoms with Gasteiger partial charge in [-0.3, -0.25) is 4.68 Å². The fourth-order valence-corrected chi connectivity index (χ4v) is 3.00. The average molecular weight is 319 g/mol. The summed E-state index contributed by atoms with van der Waals surface area (Å²) in [7, 11) is -1.19. The largest absolute Gasteiger partial charge is 0.311 e. The van der Waals surface area contributed by atoms with Crippen molar-refractivity contribution in [2.75, 3.05) is 12.0 Å². The zero-order valence-corrected chi connectivity index (χ0v) is 13.5. The van der Waals surface area contributed by atoms with Crippen LogP contribution in [0.4, 0.5) is 0 Å². The molecular formula is C12H19ClN4O2S. The maximum atomic E-state index is 11.4. The van der Waals surface area contributed by atoms with Crippen molar-refractivity contribution in [2.45, 2.75) is 32.2 Å². The molecule has 6 nitrogen and oxygen atoms in total. The summed E-state index contributed by atoms with van der Waals surface area (Å²) in [6.45, 7) is 2.44. The van der Waals surface area contributed by atoms with Gasteiger partial charge in [0.05, 0.1) is 17.3 Å². The standard InChI is InChI=1S/C12H19ClN4O2S/c1-4-5-9-11-12(16(2)15-9)17(10(8-13)14-11)6-7-20(3,18)19/h4-8H2,1-3H3. The minimum absolute atomic E-state index is 0.0661. The van der Waals surface area contributed by atoms with E-state index in [9.17, 15) is 8.42 Å². The highest BCUT2D eigenvalue weighted by molar-refractivity contribution is 7.90. The summed E-state index contributed by atoms with van der Waals surface area (Å²) in [6.07, 6.45) is 3.06. The molecule has 0 fully saturated rings. The van der Waals surface area contributed by atoms with E-state index in [1.54, 1.807) is 4.68 Å². The van der Waals surface area contributed by atoms with Crippen molar-refractivity contribution in [3.63, 3.8) is 0 Å². The molecule has 0 aromatic carbocycles. The number of hydrogen-bond acceptors (Lipinski definition) is 4. The van der Waals surface area contributed by atoms with Gasteiger partial charge in [0.1, 0.15) is 21.2 Å². The Bertz CT molecular complexity index is 717. The summed E-state index contributed by atoms with van der Waals surface area (Å²) >= 11 is 5.93. The third-order valence-corrected chi connectivity index (χ3v) is 4.33. The van der Waals surface area contributed by atoms with Crippen LogP contribution in [0.2, 0.25) is 0 Å². The lowest BCUT2D eigenvalue weighted by atomic mass is 10.2.